The van der Waals surface area contributed by atoms with Gasteiger partial charge in [-0.15, -0.1) is 0 Å². The number of rotatable bonds is 4. The number of anilines is 1. The van der Waals surface area contributed by atoms with E-state index in [1.807, 2.05) is 35.2 Å². The van der Waals surface area contributed by atoms with Crippen molar-refractivity contribution in [3.8, 4) is 0 Å². The molecule has 0 aliphatic carbocycles. The highest BCUT2D eigenvalue weighted by Crippen LogP contribution is 2.24. The van der Waals surface area contributed by atoms with E-state index < -0.39 is 0 Å². The van der Waals surface area contributed by atoms with Crippen LogP contribution in [0.25, 0.3) is 0 Å². The number of hydrogen-bond donors (Lipinski definition) is 0. The minimum absolute atomic E-state index is 0.0622. The standard InChI is InChI=1S/C18H25N3O/c1-15(2)14-19-10-12-20(13-11-19)17-8-9-21(18(17)22)16-6-4-3-5-7-16/h3-7,17H,1,8-14H2,2H3/t17-/m1/s1. The highest BCUT2D eigenvalue weighted by molar-refractivity contribution is 5.99. The molecule has 0 saturated carbocycles. The van der Waals surface area contributed by atoms with Crippen LogP contribution >= 0.6 is 0 Å². The number of carbonyl (C=O) groups is 1. The van der Waals surface area contributed by atoms with Crippen LogP contribution in [0.4, 0.5) is 5.69 Å². The lowest BCUT2D eigenvalue weighted by molar-refractivity contribution is -0.122. The van der Waals surface area contributed by atoms with Gasteiger partial charge in [0.2, 0.25) is 5.91 Å². The smallest absolute Gasteiger partial charge is 0.244 e. The van der Waals surface area contributed by atoms with E-state index in [2.05, 4.69) is 23.3 Å². The van der Waals surface area contributed by atoms with Gasteiger partial charge in [0, 0.05) is 45.0 Å². The molecule has 2 heterocycles. The number of carbonyl (C=O) groups excluding carboxylic acids is 1. The summed E-state index contributed by atoms with van der Waals surface area (Å²) in [5.74, 6) is 0.263. The Hall–Kier alpha value is -1.65. The van der Waals surface area contributed by atoms with E-state index in [0.717, 1.165) is 51.4 Å². The molecule has 118 valence electrons. The first-order chi connectivity index (χ1) is 10.6. The van der Waals surface area contributed by atoms with Crippen molar-refractivity contribution in [1.82, 2.24) is 9.80 Å². The van der Waals surface area contributed by atoms with Crippen molar-refractivity contribution >= 4 is 11.6 Å². The molecule has 0 spiro atoms. The first kappa shape index (κ1) is 15.3. The number of hydrogen-bond acceptors (Lipinski definition) is 3. The van der Waals surface area contributed by atoms with Crippen LogP contribution in [0.15, 0.2) is 42.5 Å². The predicted molar refractivity (Wildman–Crippen MR) is 90.0 cm³/mol. The Bertz CT molecular complexity index is 535. The Balaban J connectivity index is 1.59. The number of benzene rings is 1. The quantitative estimate of drug-likeness (QED) is 0.796. The minimum atomic E-state index is 0.0622. The maximum atomic E-state index is 12.7. The average Bonchev–Trinajstić information content (AvgIpc) is 2.90. The van der Waals surface area contributed by atoms with Crippen LogP contribution in [-0.2, 0) is 4.79 Å². The van der Waals surface area contributed by atoms with E-state index in [4.69, 9.17) is 0 Å². The molecule has 1 aromatic rings. The van der Waals surface area contributed by atoms with Crippen molar-refractivity contribution < 1.29 is 4.79 Å². The van der Waals surface area contributed by atoms with Gasteiger partial charge >= 0.3 is 0 Å². The van der Waals surface area contributed by atoms with Gasteiger partial charge in [-0.3, -0.25) is 14.6 Å². The molecule has 1 amide bonds. The van der Waals surface area contributed by atoms with E-state index in [-0.39, 0.29) is 11.9 Å². The second kappa shape index (κ2) is 6.63. The molecule has 4 nitrogen and oxygen atoms in total. The zero-order valence-electron chi connectivity index (χ0n) is 13.4. The lowest BCUT2D eigenvalue weighted by Crippen LogP contribution is -2.52. The van der Waals surface area contributed by atoms with Crippen molar-refractivity contribution in [2.75, 3.05) is 44.2 Å². The summed E-state index contributed by atoms with van der Waals surface area (Å²) in [5.41, 5.74) is 2.23. The molecule has 2 aliphatic rings. The Morgan fingerprint density at radius 1 is 1.14 bits per heavy atom. The van der Waals surface area contributed by atoms with E-state index in [0.29, 0.717) is 0 Å². The molecule has 0 radical (unpaired) electrons. The van der Waals surface area contributed by atoms with Crippen LogP contribution < -0.4 is 4.90 Å². The number of piperazine rings is 1. The van der Waals surface area contributed by atoms with Gasteiger partial charge in [-0.25, -0.2) is 0 Å². The molecule has 0 aromatic heterocycles. The largest absolute Gasteiger partial charge is 0.311 e. The van der Waals surface area contributed by atoms with E-state index >= 15 is 0 Å². The van der Waals surface area contributed by atoms with Crippen molar-refractivity contribution in [3.05, 3.63) is 42.5 Å². The fourth-order valence-corrected chi connectivity index (χ4v) is 3.48. The topological polar surface area (TPSA) is 26.8 Å². The van der Waals surface area contributed by atoms with Gasteiger partial charge in [0.15, 0.2) is 0 Å². The summed E-state index contributed by atoms with van der Waals surface area (Å²) in [6.45, 7) is 11.9. The lowest BCUT2D eigenvalue weighted by atomic mass is 10.1. The number of nitrogens with zero attached hydrogens (tertiary/aromatic N) is 3. The summed E-state index contributed by atoms with van der Waals surface area (Å²) >= 11 is 0. The van der Waals surface area contributed by atoms with E-state index in [1.54, 1.807) is 0 Å². The Morgan fingerprint density at radius 3 is 2.45 bits per heavy atom. The average molecular weight is 299 g/mol. The number of para-hydroxylation sites is 1. The van der Waals surface area contributed by atoms with Crippen molar-refractivity contribution in [2.45, 2.75) is 19.4 Å². The van der Waals surface area contributed by atoms with Crippen LogP contribution in [0.1, 0.15) is 13.3 Å². The van der Waals surface area contributed by atoms with Crippen LogP contribution in [0, 0.1) is 0 Å². The molecule has 0 unspecified atom stereocenters. The minimum Gasteiger partial charge on any atom is -0.311 e. The molecular weight excluding hydrogens is 274 g/mol. The van der Waals surface area contributed by atoms with Gasteiger partial charge in [0.1, 0.15) is 0 Å². The third kappa shape index (κ3) is 3.23. The summed E-state index contributed by atoms with van der Waals surface area (Å²) in [6, 6.07) is 10.1. The maximum absolute atomic E-state index is 12.7. The molecule has 2 saturated heterocycles. The van der Waals surface area contributed by atoms with Gasteiger partial charge in [-0.05, 0) is 25.5 Å². The third-order valence-electron chi connectivity index (χ3n) is 4.59. The van der Waals surface area contributed by atoms with Crippen molar-refractivity contribution in [3.63, 3.8) is 0 Å². The molecular formula is C18H25N3O. The summed E-state index contributed by atoms with van der Waals surface area (Å²) in [5, 5.41) is 0. The Morgan fingerprint density at radius 2 is 1.82 bits per heavy atom. The van der Waals surface area contributed by atoms with Crippen LogP contribution in [-0.4, -0.2) is 61.0 Å². The van der Waals surface area contributed by atoms with Crippen LogP contribution in [0.3, 0.4) is 0 Å². The second-order valence-corrected chi connectivity index (χ2v) is 6.40. The van der Waals surface area contributed by atoms with Crippen LogP contribution in [0.2, 0.25) is 0 Å². The summed E-state index contributed by atoms with van der Waals surface area (Å²) in [7, 11) is 0. The summed E-state index contributed by atoms with van der Waals surface area (Å²) in [6.07, 6.45) is 0.939. The predicted octanol–water partition coefficient (Wildman–Crippen LogP) is 1.99. The molecule has 0 bridgehead atoms. The van der Waals surface area contributed by atoms with Crippen LogP contribution in [0.5, 0.6) is 0 Å². The van der Waals surface area contributed by atoms with Gasteiger partial charge in [-0.1, -0.05) is 30.4 Å². The Labute approximate surface area is 133 Å². The number of amides is 1. The summed E-state index contributed by atoms with van der Waals surface area (Å²) < 4.78 is 0. The molecule has 2 aliphatic heterocycles. The molecule has 0 N–H and O–H groups in total. The molecule has 4 heteroatoms. The SMILES string of the molecule is C=C(C)CN1CCN([C@@H]2CCN(c3ccccc3)C2=O)CC1. The van der Waals surface area contributed by atoms with Gasteiger partial charge < -0.3 is 4.90 Å². The Kier molecular flexibility index (Phi) is 4.60. The first-order valence-corrected chi connectivity index (χ1v) is 8.12. The first-order valence-electron chi connectivity index (χ1n) is 8.12. The zero-order chi connectivity index (χ0) is 15.5. The van der Waals surface area contributed by atoms with Gasteiger partial charge in [0.25, 0.3) is 0 Å². The highest BCUT2D eigenvalue weighted by Gasteiger charge is 2.37. The molecule has 1 aromatic carbocycles. The normalized spacial score (nSPS) is 24.0. The zero-order valence-corrected chi connectivity index (χ0v) is 13.4. The summed E-state index contributed by atoms with van der Waals surface area (Å²) in [4.78, 5) is 19.4. The fraction of sp³-hybridized carbons (Fsp3) is 0.500. The van der Waals surface area contributed by atoms with Gasteiger partial charge in [0.05, 0.1) is 6.04 Å². The lowest BCUT2D eigenvalue weighted by Gasteiger charge is -2.37. The fourth-order valence-electron chi connectivity index (χ4n) is 3.48. The molecule has 1 atom stereocenters. The van der Waals surface area contributed by atoms with Gasteiger partial charge in [-0.2, -0.15) is 0 Å². The monoisotopic (exact) mass is 299 g/mol. The van der Waals surface area contributed by atoms with Crippen molar-refractivity contribution in [2.24, 2.45) is 0 Å². The van der Waals surface area contributed by atoms with E-state index in [9.17, 15) is 4.79 Å². The molecule has 3 rings (SSSR count). The third-order valence-corrected chi connectivity index (χ3v) is 4.59. The highest BCUT2D eigenvalue weighted by atomic mass is 16.2. The molecule has 22 heavy (non-hydrogen) atoms. The maximum Gasteiger partial charge on any atom is 0.244 e. The molecule has 2 fully saturated rings. The van der Waals surface area contributed by atoms with E-state index in [1.165, 1.54) is 5.57 Å². The van der Waals surface area contributed by atoms with Crippen molar-refractivity contribution in [1.29, 1.82) is 0 Å². The second-order valence-electron chi connectivity index (χ2n) is 6.40.